The zero-order chi connectivity index (χ0) is 16.7. The van der Waals surface area contributed by atoms with Crippen molar-refractivity contribution in [3.05, 3.63) is 29.1 Å². The minimum Gasteiger partial charge on any atom is -0.464 e. The lowest BCUT2D eigenvalue weighted by Gasteiger charge is -2.05. The highest BCUT2D eigenvalue weighted by molar-refractivity contribution is 7.99. The van der Waals surface area contributed by atoms with Crippen molar-refractivity contribution in [1.82, 2.24) is 9.99 Å². The average Bonchev–Trinajstić information content (AvgIpc) is 2.89. The van der Waals surface area contributed by atoms with Gasteiger partial charge in [-0.2, -0.15) is 0 Å². The van der Waals surface area contributed by atoms with Gasteiger partial charge < -0.3 is 15.0 Å². The molecule has 6 nitrogen and oxygen atoms in total. The predicted octanol–water partition coefficient (Wildman–Crippen LogP) is 1.82. The summed E-state index contributed by atoms with van der Waals surface area (Å²) >= 11 is 13.2. The van der Waals surface area contributed by atoms with Crippen molar-refractivity contribution in [2.24, 2.45) is 10.8 Å². The molecule has 3 N–H and O–H groups in total. The Morgan fingerprint density at radius 2 is 2.30 bits per heavy atom. The van der Waals surface area contributed by atoms with E-state index in [1.54, 1.807) is 0 Å². The van der Waals surface area contributed by atoms with Crippen molar-refractivity contribution in [3.8, 4) is 0 Å². The maximum Gasteiger partial charge on any atom is 0.316 e. The largest absolute Gasteiger partial charge is 0.464 e. The number of nitrogens with one attached hydrogen (secondary N) is 1. The van der Waals surface area contributed by atoms with Crippen molar-refractivity contribution in [1.29, 1.82) is 0 Å². The fourth-order valence-corrected chi connectivity index (χ4v) is 3.73. The van der Waals surface area contributed by atoms with E-state index in [0.717, 1.165) is 15.0 Å². The number of carbonyl (C=O) groups excluding carboxylic acids is 1. The van der Waals surface area contributed by atoms with Crippen molar-refractivity contribution < 1.29 is 9.53 Å². The van der Waals surface area contributed by atoms with E-state index in [1.807, 2.05) is 28.8 Å². The van der Waals surface area contributed by atoms with Crippen LogP contribution in [-0.2, 0) is 15.4 Å². The molecule has 0 bridgehead atoms. The summed E-state index contributed by atoms with van der Waals surface area (Å²) in [5.41, 5.74) is 9.04. The van der Waals surface area contributed by atoms with Gasteiger partial charge in [0.25, 0.3) is 0 Å². The molecule has 0 aliphatic carbocycles. The van der Waals surface area contributed by atoms with Gasteiger partial charge in [-0.25, -0.2) is 0 Å². The lowest BCUT2D eigenvalue weighted by atomic mass is 10.3. The Kier molecular flexibility index (Phi) is 7.15. The van der Waals surface area contributed by atoms with Gasteiger partial charge in [0.05, 0.1) is 27.7 Å². The lowest BCUT2D eigenvalue weighted by Crippen LogP contribution is -2.28. The quantitative estimate of drug-likeness (QED) is 0.325. The normalized spacial score (nSPS) is 11.6. The van der Waals surface area contributed by atoms with E-state index < -0.39 is 0 Å². The van der Waals surface area contributed by atoms with Gasteiger partial charge in [-0.15, -0.1) is 28.5 Å². The molecule has 2 rings (SSSR count). The average molecular weight is 391 g/mol. The van der Waals surface area contributed by atoms with Crippen molar-refractivity contribution in [3.63, 3.8) is 0 Å². The second-order valence-electron chi connectivity index (χ2n) is 4.26. The fourth-order valence-electron chi connectivity index (χ4n) is 1.75. The van der Waals surface area contributed by atoms with Crippen molar-refractivity contribution >= 4 is 68.2 Å². The molecule has 124 valence electrons. The Morgan fingerprint density at radius 3 is 3.04 bits per heavy atom. The van der Waals surface area contributed by atoms with E-state index in [-0.39, 0.29) is 23.4 Å². The number of fused-ring (bicyclic) bond motifs is 1. The topological polar surface area (TPSA) is 81.6 Å². The van der Waals surface area contributed by atoms with Crippen LogP contribution in [0.25, 0.3) is 10.2 Å². The van der Waals surface area contributed by atoms with Gasteiger partial charge in [0.1, 0.15) is 6.61 Å². The fraction of sp³-hybridized carbons (Fsp3) is 0.308. The summed E-state index contributed by atoms with van der Waals surface area (Å²) in [6.07, 6.45) is 0. The number of hydrogen-bond donors (Lipinski definition) is 2. The first-order valence-electron chi connectivity index (χ1n) is 6.58. The van der Waals surface area contributed by atoms with Crippen LogP contribution in [0.15, 0.2) is 29.4 Å². The number of benzene rings is 1. The number of carbonyl (C=O) groups is 1. The number of alkyl halides is 1. The molecular weight excluding hydrogens is 376 g/mol. The van der Waals surface area contributed by atoms with Gasteiger partial charge in [-0.1, -0.05) is 23.5 Å². The van der Waals surface area contributed by atoms with Crippen LogP contribution in [0.2, 0.25) is 0 Å². The molecule has 0 aliphatic rings. The first-order valence-corrected chi connectivity index (χ1v) is 9.50. The molecule has 1 aromatic carbocycles. The number of thioether (sulfide) groups is 1. The van der Waals surface area contributed by atoms with Crippen molar-refractivity contribution in [2.75, 3.05) is 18.2 Å². The Hall–Kier alpha value is -1.29. The second kappa shape index (κ2) is 9.11. The molecule has 2 aromatic rings. The summed E-state index contributed by atoms with van der Waals surface area (Å²) in [5, 5.41) is 4.31. The minimum atomic E-state index is -0.282. The number of thiocarbonyl (C=S) groups is 1. The molecule has 0 saturated heterocycles. The summed E-state index contributed by atoms with van der Waals surface area (Å²) in [4.78, 5) is 12.2. The van der Waals surface area contributed by atoms with Gasteiger partial charge in [-0.05, 0) is 24.4 Å². The zero-order valence-corrected chi connectivity index (χ0v) is 15.2. The minimum absolute atomic E-state index is 0.103. The molecule has 23 heavy (non-hydrogen) atoms. The van der Waals surface area contributed by atoms with Crippen LogP contribution in [0.4, 0.5) is 0 Å². The summed E-state index contributed by atoms with van der Waals surface area (Å²) in [7, 11) is 0. The molecule has 0 spiro atoms. The van der Waals surface area contributed by atoms with Gasteiger partial charge in [0.2, 0.25) is 4.80 Å². The number of halogens is 1. The van der Waals surface area contributed by atoms with Gasteiger partial charge in [0, 0.05) is 0 Å². The molecule has 1 aromatic heterocycles. The Labute approximate surface area is 151 Å². The molecule has 0 saturated carbocycles. The Balaban J connectivity index is 2.14. The van der Waals surface area contributed by atoms with Crippen LogP contribution in [0.1, 0.15) is 0 Å². The molecule has 0 fully saturated rings. The molecule has 10 heteroatoms. The Morgan fingerprint density at radius 1 is 1.52 bits per heavy atom. The number of ether oxygens (including phenoxy) is 1. The van der Waals surface area contributed by atoms with E-state index in [2.05, 4.69) is 10.5 Å². The molecule has 0 atom stereocenters. The summed E-state index contributed by atoms with van der Waals surface area (Å²) in [5.74, 6) is 0.817. The van der Waals surface area contributed by atoms with Crippen LogP contribution in [-0.4, -0.2) is 33.9 Å². The number of thiazole rings is 1. The number of esters is 1. The molecular formula is C13H15ClN4O2S3. The van der Waals surface area contributed by atoms with Gasteiger partial charge in [-0.3, -0.25) is 10.2 Å². The zero-order valence-electron chi connectivity index (χ0n) is 12.0. The highest BCUT2D eigenvalue weighted by atomic mass is 35.5. The van der Waals surface area contributed by atoms with Crippen LogP contribution < -0.4 is 16.0 Å². The maximum atomic E-state index is 11.5. The van der Waals surface area contributed by atoms with Crippen LogP contribution >= 0.6 is 46.9 Å². The van der Waals surface area contributed by atoms with E-state index in [0.29, 0.717) is 11.8 Å². The third kappa shape index (κ3) is 5.38. The number of nitrogens with two attached hydrogens (primary N) is 1. The van der Waals surface area contributed by atoms with E-state index >= 15 is 0 Å². The van der Waals surface area contributed by atoms with Crippen LogP contribution in [0, 0.1) is 0 Å². The maximum absolute atomic E-state index is 11.5. The highest BCUT2D eigenvalue weighted by Gasteiger charge is 2.08. The monoisotopic (exact) mass is 390 g/mol. The van der Waals surface area contributed by atoms with E-state index in [4.69, 9.17) is 34.3 Å². The molecule has 0 radical (unpaired) electrons. The summed E-state index contributed by atoms with van der Waals surface area (Å²) < 4.78 is 8.01. The smallest absolute Gasteiger partial charge is 0.316 e. The van der Waals surface area contributed by atoms with E-state index in [9.17, 15) is 4.79 Å². The van der Waals surface area contributed by atoms with Gasteiger partial charge >= 0.3 is 5.97 Å². The van der Waals surface area contributed by atoms with Crippen molar-refractivity contribution in [2.45, 2.75) is 5.88 Å². The van der Waals surface area contributed by atoms with E-state index in [1.165, 1.54) is 23.1 Å². The number of rotatable bonds is 7. The molecule has 0 amide bonds. The van der Waals surface area contributed by atoms with Crippen LogP contribution in [0.3, 0.4) is 0 Å². The third-order valence-corrected chi connectivity index (χ3v) is 4.82. The SMILES string of the molecule is NC(=S)N/N=c1/sc2ccccc2n1CSCC(=O)OCCCl. The van der Waals surface area contributed by atoms with Gasteiger partial charge in [0.15, 0.2) is 5.11 Å². The first kappa shape index (κ1) is 18.1. The number of hydrogen-bond acceptors (Lipinski definition) is 6. The molecule has 0 aliphatic heterocycles. The number of nitrogens with zero attached hydrogens (tertiary/aromatic N) is 2. The first-order chi connectivity index (χ1) is 11.1. The predicted molar refractivity (Wildman–Crippen MR) is 99.4 cm³/mol. The summed E-state index contributed by atoms with van der Waals surface area (Å²) in [6.45, 7) is 0.230. The lowest BCUT2D eigenvalue weighted by molar-refractivity contribution is -0.139. The second-order valence-corrected chi connectivity index (χ2v) is 7.04. The highest BCUT2D eigenvalue weighted by Crippen LogP contribution is 2.18. The Bertz CT molecular complexity index is 759. The summed E-state index contributed by atoms with van der Waals surface area (Å²) in [6, 6.07) is 7.92. The standard InChI is InChI=1S/C13H15ClN4O2S3/c14-5-6-20-11(19)7-22-8-18-9-3-1-2-4-10(9)23-13(18)17-16-12(15)21/h1-4H,5-8H2,(H3,15,16,21)/b17-13+. The molecule has 0 unspecified atom stereocenters. The third-order valence-electron chi connectivity index (χ3n) is 2.63. The van der Waals surface area contributed by atoms with Crippen LogP contribution in [0.5, 0.6) is 0 Å². The number of para-hydroxylation sites is 1. The molecule has 1 heterocycles. The number of aromatic nitrogens is 1.